The van der Waals surface area contributed by atoms with Crippen molar-refractivity contribution < 1.29 is 13.0 Å². The van der Waals surface area contributed by atoms with Gasteiger partial charge in [-0.05, 0) is 48.0 Å². The molecule has 8 nitrogen and oxygen atoms in total. The highest BCUT2D eigenvalue weighted by atomic mass is 35.5. The SMILES string of the molecule is O=S(=O)(O)c1ccc(Nc2nc(Cl)nc(Nc3ccccc3)n2)cc1. The third kappa shape index (κ3) is 4.63. The summed E-state index contributed by atoms with van der Waals surface area (Å²) in [5.74, 6) is 0.432. The van der Waals surface area contributed by atoms with Crippen molar-refractivity contribution in [3.05, 3.63) is 59.9 Å². The van der Waals surface area contributed by atoms with Gasteiger partial charge in [0.05, 0.1) is 4.90 Å². The Hall–Kier alpha value is -2.75. The van der Waals surface area contributed by atoms with Crippen LogP contribution in [0.25, 0.3) is 0 Å². The van der Waals surface area contributed by atoms with Crippen LogP contribution in [0.3, 0.4) is 0 Å². The van der Waals surface area contributed by atoms with E-state index in [1.54, 1.807) is 0 Å². The maximum atomic E-state index is 11.0. The van der Waals surface area contributed by atoms with E-state index in [9.17, 15) is 8.42 Å². The van der Waals surface area contributed by atoms with Gasteiger partial charge in [0, 0.05) is 11.4 Å². The molecular weight excluding hydrogens is 366 g/mol. The molecule has 10 heteroatoms. The Balaban J connectivity index is 1.81. The minimum Gasteiger partial charge on any atom is -0.324 e. The van der Waals surface area contributed by atoms with Gasteiger partial charge in [0.1, 0.15) is 0 Å². The molecule has 3 N–H and O–H groups in total. The van der Waals surface area contributed by atoms with Crippen molar-refractivity contribution in [2.24, 2.45) is 0 Å². The highest BCUT2D eigenvalue weighted by Gasteiger charge is 2.10. The fourth-order valence-electron chi connectivity index (χ4n) is 1.95. The average molecular weight is 378 g/mol. The van der Waals surface area contributed by atoms with E-state index in [-0.39, 0.29) is 22.1 Å². The quantitative estimate of drug-likeness (QED) is 0.580. The Morgan fingerprint density at radius 2 is 1.32 bits per heavy atom. The second-order valence-corrected chi connectivity index (χ2v) is 6.63. The van der Waals surface area contributed by atoms with Crippen LogP contribution in [0, 0.1) is 0 Å². The summed E-state index contributed by atoms with van der Waals surface area (Å²) in [6, 6.07) is 14.7. The molecule has 3 aromatic rings. The molecular formula is C15H12ClN5O3S. The minimum absolute atomic E-state index is 0.00881. The molecule has 0 saturated carbocycles. The normalized spacial score (nSPS) is 11.1. The summed E-state index contributed by atoms with van der Waals surface area (Å²) >= 11 is 5.91. The maximum absolute atomic E-state index is 11.0. The number of nitrogens with one attached hydrogen (secondary N) is 2. The van der Waals surface area contributed by atoms with E-state index in [1.807, 2.05) is 30.3 Å². The molecule has 3 rings (SSSR count). The molecule has 2 aromatic carbocycles. The van der Waals surface area contributed by atoms with E-state index < -0.39 is 10.1 Å². The van der Waals surface area contributed by atoms with Gasteiger partial charge in [0.25, 0.3) is 10.1 Å². The van der Waals surface area contributed by atoms with Gasteiger partial charge in [-0.1, -0.05) is 18.2 Å². The van der Waals surface area contributed by atoms with Gasteiger partial charge in [-0.3, -0.25) is 4.55 Å². The smallest absolute Gasteiger partial charge is 0.294 e. The van der Waals surface area contributed by atoms with Gasteiger partial charge in [-0.25, -0.2) is 0 Å². The van der Waals surface area contributed by atoms with Crippen LogP contribution >= 0.6 is 11.6 Å². The first-order valence-corrected chi connectivity index (χ1v) is 8.80. The molecule has 0 bridgehead atoms. The first-order chi connectivity index (χ1) is 11.9. The summed E-state index contributed by atoms with van der Waals surface area (Å²) in [5.41, 5.74) is 1.30. The Bertz CT molecular complexity index is 982. The number of nitrogens with zero attached hydrogens (tertiary/aromatic N) is 3. The molecule has 0 aliphatic carbocycles. The van der Waals surface area contributed by atoms with Gasteiger partial charge in [0.2, 0.25) is 17.2 Å². The van der Waals surface area contributed by atoms with Crippen molar-refractivity contribution in [3.8, 4) is 0 Å². The lowest BCUT2D eigenvalue weighted by molar-refractivity contribution is 0.483. The van der Waals surface area contributed by atoms with Gasteiger partial charge < -0.3 is 10.6 Å². The van der Waals surface area contributed by atoms with E-state index in [2.05, 4.69) is 25.6 Å². The zero-order valence-corrected chi connectivity index (χ0v) is 14.2. The number of benzene rings is 2. The largest absolute Gasteiger partial charge is 0.324 e. The van der Waals surface area contributed by atoms with E-state index >= 15 is 0 Å². The zero-order chi connectivity index (χ0) is 17.9. The Morgan fingerprint density at radius 1 is 0.800 bits per heavy atom. The van der Waals surface area contributed by atoms with Crippen molar-refractivity contribution in [1.82, 2.24) is 15.0 Å². The van der Waals surface area contributed by atoms with Crippen LogP contribution in [-0.2, 0) is 10.1 Å². The van der Waals surface area contributed by atoms with E-state index in [1.165, 1.54) is 24.3 Å². The first kappa shape index (κ1) is 17.1. The van der Waals surface area contributed by atoms with Gasteiger partial charge in [-0.15, -0.1) is 0 Å². The lowest BCUT2D eigenvalue weighted by atomic mass is 10.3. The highest BCUT2D eigenvalue weighted by Crippen LogP contribution is 2.20. The number of rotatable bonds is 5. The second kappa shape index (κ2) is 7.01. The molecule has 0 radical (unpaired) electrons. The van der Waals surface area contributed by atoms with Gasteiger partial charge in [0.15, 0.2) is 0 Å². The van der Waals surface area contributed by atoms with Crippen molar-refractivity contribution >= 4 is 45.0 Å². The zero-order valence-electron chi connectivity index (χ0n) is 12.6. The fraction of sp³-hybridized carbons (Fsp3) is 0. The molecule has 0 unspecified atom stereocenters. The second-order valence-electron chi connectivity index (χ2n) is 4.87. The number of anilines is 4. The summed E-state index contributed by atoms with van der Waals surface area (Å²) in [7, 11) is -4.24. The molecule has 128 valence electrons. The first-order valence-electron chi connectivity index (χ1n) is 6.98. The summed E-state index contributed by atoms with van der Waals surface area (Å²) < 4.78 is 31.1. The van der Waals surface area contributed by atoms with Crippen LogP contribution in [0.4, 0.5) is 23.3 Å². The molecule has 0 atom stereocenters. The lowest BCUT2D eigenvalue weighted by Crippen LogP contribution is -2.04. The predicted octanol–water partition coefficient (Wildman–Crippen LogP) is 3.26. The van der Waals surface area contributed by atoms with Crippen LogP contribution in [0.2, 0.25) is 5.28 Å². The Morgan fingerprint density at radius 3 is 1.84 bits per heavy atom. The molecule has 0 saturated heterocycles. The third-order valence-corrected chi connectivity index (χ3v) is 4.08. The standard InChI is InChI=1S/C15H12ClN5O3S/c16-13-19-14(17-10-4-2-1-3-5-10)21-15(20-13)18-11-6-8-12(9-7-11)25(22,23)24/h1-9H,(H,22,23,24)(H2,17,18,19,20,21). The molecule has 0 spiro atoms. The van der Waals surface area contributed by atoms with Crippen LogP contribution in [0.5, 0.6) is 0 Å². The molecule has 1 heterocycles. The summed E-state index contributed by atoms with van der Waals surface area (Å²) in [6.07, 6.45) is 0. The fourth-order valence-corrected chi connectivity index (χ4v) is 2.59. The van der Waals surface area contributed by atoms with E-state index in [4.69, 9.17) is 16.2 Å². The maximum Gasteiger partial charge on any atom is 0.294 e. The number of para-hydroxylation sites is 1. The van der Waals surface area contributed by atoms with Crippen LogP contribution in [0.15, 0.2) is 59.5 Å². The number of aromatic nitrogens is 3. The highest BCUT2D eigenvalue weighted by molar-refractivity contribution is 7.85. The molecule has 25 heavy (non-hydrogen) atoms. The third-order valence-electron chi connectivity index (χ3n) is 3.05. The van der Waals surface area contributed by atoms with Crippen molar-refractivity contribution in [2.75, 3.05) is 10.6 Å². The van der Waals surface area contributed by atoms with Crippen molar-refractivity contribution in [1.29, 1.82) is 0 Å². The molecule has 1 aromatic heterocycles. The molecule has 0 aliphatic rings. The molecule has 0 fully saturated rings. The monoisotopic (exact) mass is 377 g/mol. The average Bonchev–Trinajstić information content (AvgIpc) is 2.55. The van der Waals surface area contributed by atoms with Gasteiger partial charge in [-0.2, -0.15) is 23.4 Å². The van der Waals surface area contributed by atoms with E-state index in [0.29, 0.717) is 5.69 Å². The molecule has 0 amide bonds. The lowest BCUT2D eigenvalue weighted by Gasteiger charge is -2.08. The number of hydrogen-bond acceptors (Lipinski definition) is 7. The van der Waals surface area contributed by atoms with Crippen LogP contribution in [-0.4, -0.2) is 27.9 Å². The summed E-state index contributed by atoms with van der Waals surface area (Å²) in [6.45, 7) is 0. The van der Waals surface area contributed by atoms with Crippen LogP contribution < -0.4 is 10.6 Å². The Kier molecular flexibility index (Phi) is 4.79. The van der Waals surface area contributed by atoms with Gasteiger partial charge >= 0.3 is 0 Å². The van der Waals surface area contributed by atoms with E-state index in [0.717, 1.165) is 5.69 Å². The van der Waals surface area contributed by atoms with Crippen molar-refractivity contribution in [3.63, 3.8) is 0 Å². The van der Waals surface area contributed by atoms with Crippen molar-refractivity contribution in [2.45, 2.75) is 4.90 Å². The Labute approximate surface area is 148 Å². The van der Waals surface area contributed by atoms with Crippen LogP contribution in [0.1, 0.15) is 0 Å². The number of hydrogen-bond donors (Lipinski definition) is 3. The topological polar surface area (TPSA) is 117 Å². The molecule has 0 aliphatic heterocycles. The minimum atomic E-state index is -4.24. The predicted molar refractivity (Wildman–Crippen MR) is 94.1 cm³/mol. The number of halogens is 1. The summed E-state index contributed by atoms with van der Waals surface area (Å²) in [5, 5.41) is 5.88. The summed E-state index contributed by atoms with van der Waals surface area (Å²) in [4.78, 5) is 12.0.